The van der Waals surface area contributed by atoms with Gasteiger partial charge >= 0.3 is 12.8 Å². The standard InChI is InChI=1S/C19H15F6N3O2/c20-15-9(6-26)1-2-11-14(15)12(29)3-4-18(11)8-28-7-10(19(23,24)25)5-13(16(28)27-18)30-17(21)22/h1-2,5,10,12,17,29H,3-4,7-8H2/t10?,12-,18-/m1/s1. The molecule has 0 fully saturated rings. The van der Waals surface area contributed by atoms with Crippen molar-refractivity contribution in [1.82, 2.24) is 4.90 Å². The zero-order valence-corrected chi connectivity index (χ0v) is 15.3. The van der Waals surface area contributed by atoms with Crippen LogP contribution >= 0.6 is 0 Å². The number of benzene rings is 1. The average molecular weight is 431 g/mol. The molecule has 0 aromatic heterocycles. The van der Waals surface area contributed by atoms with Gasteiger partial charge in [0.15, 0.2) is 11.6 Å². The van der Waals surface area contributed by atoms with Gasteiger partial charge in [0, 0.05) is 18.7 Å². The van der Waals surface area contributed by atoms with E-state index in [1.54, 1.807) is 6.07 Å². The van der Waals surface area contributed by atoms with E-state index in [1.165, 1.54) is 17.0 Å². The molecule has 160 valence electrons. The molecular formula is C19H15F6N3O2. The second-order valence-corrected chi connectivity index (χ2v) is 7.46. The van der Waals surface area contributed by atoms with E-state index in [0.717, 1.165) is 0 Å². The van der Waals surface area contributed by atoms with Crippen molar-refractivity contribution in [2.75, 3.05) is 13.1 Å². The molecule has 3 aliphatic rings. The van der Waals surface area contributed by atoms with E-state index in [2.05, 4.69) is 9.73 Å². The van der Waals surface area contributed by atoms with Gasteiger partial charge in [0.2, 0.25) is 0 Å². The minimum atomic E-state index is -4.67. The molecule has 0 saturated heterocycles. The van der Waals surface area contributed by atoms with Crippen molar-refractivity contribution in [1.29, 1.82) is 5.26 Å². The summed E-state index contributed by atoms with van der Waals surface area (Å²) in [6.07, 6.45) is -5.11. The molecule has 5 nitrogen and oxygen atoms in total. The number of halogens is 6. The lowest BCUT2D eigenvalue weighted by atomic mass is 9.75. The highest BCUT2D eigenvalue weighted by Gasteiger charge is 2.52. The Balaban J connectivity index is 1.81. The third-order valence-corrected chi connectivity index (χ3v) is 5.66. The SMILES string of the molecule is N#Cc1ccc2c(c1F)[C@H](O)CC[C@@]21CN2CC(C(F)(F)F)C=C(OC(F)F)C2=N1. The van der Waals surface area contributed by atoms with E-state index in [0.29, 0.717) is 6.08 Å². The molecule has 3 atom stereocenters. The Bertz CT molecular complexity index is 984. The third kappa shape index (κ3) is 3.19. The van der Waals surface area contributed by atoms with Crippen LogP contribution in [0.15, 0.2) is 29.0 Å². The number of nitriles is 1. The summed E-state index contributed by atoms with van der Waals surface area (Å²) in [5.74, 6) is -3.80. The Morgan fingerprint density at radius 3 is 2.70 bits per heavy atom. The number of ether oxygens (including phenoxy) is 1. The predicted octanol–water partition coefficient (Wildman–Crippen LogP) is 3.75. The van der Waals surface area contributed by atoms with E-state index in [1.807, 2.05) is 0 Å². The molecule has 1 spiro atoms. The Morgan fingerprint density at radius 2 is 2.07 bits per heavy atom. The fourth-order valence-electron chi connectivity index (χ4n) is 4.34. The highest BCUT2D eigenvalue weighted by Crippen LogP contribution is 2.49. The molecular weight excluding hydrogens is 416 g/mol. The van der Waals surface area contributed by atoms with Crippen LogP contribution in [0.5, 0.6) is 0 Å². The lowest BCUT2D eigenvalue weighted by molar-refractivity contribution is -0.166. The fraction of sp³-hybridized carbons (Fsp3) is 0.474. The molecule has 1 aromatic rings. The number of amidine groups is 1. The van der Waals surface area contributed by atoms with Gasteiger partial charge in [-0.1, -0.05) is 6.07 Å². The van der Waals surface area contributed by atoms with E-state index in [4.69, 9.17) is 5.26 Å². The summed E-state index contributed by atoms with van der Waals surface area (Å²) >= 11 is 0. The molecule has 1 N–H and O–H groups in total. The topological polar surface area (TPSA) is 68.8 Å². The number of rotatable bonds is 2. The van der Waals surface area contributed by atoms with Crippen molar-refractivity contribution in [2.24, 2.45) is 10.9 Å². The average Bonchev–Trinajstić information content (AvgIpc) is 3.03. The maximum absolute atomic E-state index is 14.8. The smallest absolute Gasteiger partial charge is 0.396 e. The van der Waals surface area contributed by atoms with Crippen LogP contribution in [0.2, 0.25) is 0 Å². The van der Waals surface area contributed by atoms with Crippen molar-refractivity contribution >= 4 is 5.84 Å². The van der Waals surface area contributed by atoms with Gasteiger partial charge in [-0.3, -0.25) is 4.99 Å². The Labute approximate surface area is 166 Å². The number of fused-ring (bicyclic) bond motifs is 3. The minimum absolute atomic E-state index is 0.0425. The van der Waals surface area contributed by atoms with Crippen LogP contribution in [0, 0.1) is 23.1 Å². The quantitative estimate of drug-likeness (QED) is 0.725. The molecule has 11 heteroatoms. The fourth-order valence-corrected chi connectivity index (χ4v) is 4.34. The number of nitrogens with zero attached hydrogens (tertiary/aromatic N) is 3. The Morgan fingerprint density at radius 1 is 1.33 bits per heavy atom. The van der Waals surface area contributed by atoms with Crippen LogP contribution in [-0.4, -0.2) is 41.7 Å². The van der Waals surface area contributed by atoms with Crippen LogP contribution in [0.1, 0.15) is 35.6 Å². The Kier molecular flexibility index (Phi) is 4.73. The number of alkyl halides is 5. The molecule has 1 unspecified atom stereocenters. The monoisotopic (exact) mass is 431 g/mol. The van der Waals surface area contributed by atoms with Gasteiger partial charge < -0.3 is 14.7 Å². The number of aliphatic hydroxyl groups is 1. The molecule has 4 rings (SSSR count). The zero-order valence-electron chi connectivity index (χ0n) is 15.3. The van der Waals surface area contributed by atoms with E-state index >= 15 is 0 Å². The highest BCUT2D eigenvalue weighted by atomic mass is 19.4. The van der Waals surface area contributed by atoms with Crippen LogP contribution in [0.25, 0.3) is 0 Å². The first-order valence-corrected chi connectivity index (χ1v) is 9.05. The lowest BCUT2D eigenvalue weighted by Crippen LogP contribution is -2.45. The molecule has 2 aliphatic heterocycles. The van der Waals surface area contributed by atoms with Crippen molar-refractivity contribution in [3.8, 4) is 6.07 Å². The molecule has 1 aromatic carbocycles. The van der Waals surface area contributed by atoms with E-state index in [9.17, 15) is 31.4 Å². The summed E-state index contributed by atoms with van der Waals surface area (Å²) in [7, 11) is 0. The first-order valence-electron chi connectivity index (χ1n) is 9.05. The first kappa shape index (κ1) is 20.5. The van der Waals surface area contributed by atoms with Crippen LogP contribution < -0.4 is 0 Å². The summed E-state index contributed by atoms with van der Waals surface area (Å²) in [6.45, 7) is -4.01. The maximum Gasteiger partial charge on any atom is 0.396 e. The molecule has 30 heavy (non-hydrogen) atoms. The molecule has 0 bridgehead atoms. The van der Waals surface area contributed by atoms with Gasteiger partial charge in [0.05, 0.1) is 17.6 Å². The van der Waals surface area contributed by atoms with Gasteiger partial charge in [-0.05, 0) is 30.5 Å². The second kappa shape index (κ2) is 6.91. The summed E-state index contributed by atoms with van der Waals surface area (Å²) in [5, 5.41) is 19.3. The minimum Gasteiger partial charge on any atom is -0.431 e. The van der Waals surface area contributed by atoms with Crippen molar-refractivity contribution in [3.05, 3.63) is 46.5 Å². The van der Waals surface area contributed by atoms with Gasteiger partial charge in [0.1, 0.15) is 17.4 Å². The summed E-state index contributed by atoms with van der Waals surface area (Å²) in [5.41, 5.74) is -1.45. The molecule has 0 saturated carbocycles. The number of aliphatic hydroxyl groups excluding tert-OH is 1. The van der Waals surface area contributed by atoms with Gasteiger partial charge in [-0.25, -0.2) is 4.39 Å². The van der Waals surface area contributed by atoms with Gasteiger partial charge in [0.25, 0.3) is 0 Å². The summed E-state index contributed by atoms with van der Waals surface area (Å²) in [6, 6.07) is 4.28. The Hall–Kier alpha value is -2.74. The largest absolute Gasteiger partial charge is 0.431 e. The van der Waals surface area contributed by atoms with Crippen LogP contribution in [0.3, 0.4) is 0 Å². The normalized spacial score (nSPS) is 28.0. The third-order valence-electron chi connectivity index (χ3n) is 5.66. The first-order chi connectivity index (χ1) is 14.1. The molecule has 0 radical (unpaired) electrons. The molecule has 2 heterocycles. The number of hydrogen-bond donors (Lipinski definition) is 1. The number of hydrogen-bond acceptors (Lipinski definition) is 5. The van der Waals surface area contributed by atoms with Crippen molar-refractivity contribution in [3.63, 3.8) is 0 Å². The molecule has 0 amide bonds. The van der Waals surface area contributed by atoms with E-state index < -0.39 is 48.5 Å². The van der Waals surface area contributed by atoms with Crippen molar-refractivity contribution in [2.45, 2.75) is 37.3 Å². The predicted molar refractivity (Wildman–Crippen MR) is 90.7 cm³/mol. The van der Waals surface area contributed by atoms with Crippen LogP contribution in [-0.2, 0) is 10.3 Å². The summed E-state index contributed by atoms with van der Waals surface area (Å²) < 4.78 is 84.6. The van der Waals surface area contributed by atoms with Crippen LogP contribution in [0.4, 0.5) is 26.3 Å². The summed E-state index contributed by atoms with van der Waals surface area (Å²) in [4.78, 5) is 5.61. The van der Waals surface area contributed by atoms with E-state index in [-0.39, 0.29) is 41.9 Å². The van der Waals surface area contributed by atoms with Gasteiger partial charge in [-0.15, -0.1) is 0 Å². The second-order valence-electron chi connectivity index (χ2n) is 7.46. The van der Waals surface area contributed by atoms with Gasteiger partial charge in [-0.2, -0.15) is 27.2 Å². The molecule has 1 aliphatic carbocycles. The lowest BCUT2D eigenvalue weighted by Gasteiger charge is -2.37. The number of aliphatic imine (C=N–C) groups is 1. The maximum atomic E-state index is 14.8. The van der Waals surface area contributed by atoms with Crippen molar-refractivity contribution < 1.29 is 36.2 Å². The highest BCUT2D eigenvalue weighted by molar-refractivity contribution is 5.99. The zero-order chi connectivity index (χ0) is 21.8.